The number of carbonyl (C=O) groups is 1. The van der Waals surface area contributed by atoms with Crippen LogP contribution in [0, 0.1) is 0 Å². The number of carbonyl (C=O) groups excluding carboxylic acids is 1. The third-order valence-corrected chi connectivity index (χ3v) is 2.99. The number of fused-ring (bicyclic) bond motifs is 1. The molecule has 0 aromatic carbocycles. The maximum absolute atomic E-state index is 11.8. The Morgan fingerprint density at radius 2 is 2.29 bits per heavy atom. The first-order chi connectivity index (χ1) is 8.33. The highest BCUT2D eigenvalue weighted by Gasteiger charge is 2.24. The van der Waals surface area contributed by atoms with Gasteiger partial charge in [-0.25, -0.2) is 15.4 Å². The van der Waals surface area contributed by atoms with Crippen molar-refractivity contribution in [3.8, 4) is 0 Å². The van der Waals surface area contributed by atoms with Gasteiger partial charge in [-0.05, 0) is 24.5 Å². The molecule has 4 heteroatoms. The zero-order chi connectivity index (χ0) is 12.1. The number of rotatable bonds is 5. The number of aromatic nitrogens is 1. The molecule has 1 amide bonds. The summed E-state index contributed by atoms with van der Waals surface area (Å²) >= 11 is 0. The van der Waals surface area contributed by atoms with Crippen molar-refractivity contribution in [1.82, 2.24) is 10.4 Å². The number of pyridine rings is 1. The van der Waals surface area contributed by atoms with Crippen LogP contribution in [0.3, 0.4) is 0 Å². The van der Waals surface area contributed by atoms with Crippen LogP contribution in [0.25, 0.3) is 0 Å². The molecule has 0 aliphatic carbocycles. The van der Waals surface area contributed by atoms with E-state index in [2.05, 4.69) is 17.3 Å². The van der Waals surface area contributed by atoms with Crippen LogP contribution >= 0.6 is 0 Å². The number of aryl methyl sites for hydroxylation is 1. The van der Waals surface area contributed by atoms with Gasteiger partial charge in [0.25, 0.3) is 0 Å². The van der Waals surface area contributed by atoms with Crippen molar-refractivity contribution in [3.05, 3.63) is 23.9 Å². The molecule has 92 valence electrons. The van der Waals surface area contributed by atoms with E-state index in [4.69, 9.17) is 0 Å². The maximum atomic E-state index is 11.8. The molecule has 1 aliphatic rings. The predicted molar refractivity (Wildman–Crippen MR) is 67.6 cm³/mol. The average Bonchev–Trinajstić information content (AvgIpc) is 2.37. The van der Waals surface area contributed by atoms with Gasteiger partial charge in [-0.15, -0.1) is 0 Å². The minimum Gasteiger partial charge on any atom is -0.273 e. The molecular weight excluding hydrogens is 214 g/mol. The maximum Gasteiger partial charge on any atom is 0.243 e. The van der Waals surface area contributed by atoms with Crippen molar-refractivity contribution < 1.29 is 4.79 Å². The summed E-state index contributed by atoms with van der Waals surface area (Å²) in [5.74, 6) is 0.896. The molecule has 0 spiro atoms. The molecule has 0 atom stereocenters. The molecule has 1 aromatic heterocycles. The summed E-state index contributed by atoms with van der Waals surface area (Å²) < 4.78 is 0. The molecule has 0 saturated heterocycles. The van der Waals surface area contributed by atoms with E-state index < -0.39 is 0 Å². The highest BCUT2D eigenvalue weighted by Crippen LogP contribution is 2.23. The molecule has 2 rings (SSSR count). The largest absolute Gasteiger partial charge is 0.273 e. The lowest BCUT2D eigenvalue weighted by molar-refractivity contribution is -0.119. The summed E-state index contributed by atoms with van der Waals surface area (Å²) in [7, 11) is 0. The zero-order valence-electron chi connectivity index (χ0n) is 10.3. The van der Waals surface area contributed by atoms with Gasteiger partial charge in [-0.1, -0.05) is 25.8 Å². The van der Waals surface area contributed by atoms with E-state index in [0.717, 1.165) is 30.8 Å². The van der Waals surface area contributed by atoms with Crippen LogP contribution in [0.1, 0.15) is 38.2 Å². The molecule has 0 saturated carbocycles. The zero-order valence-corrected chi connectivity index (χ0v) is 10.3. The van der Waals surface area contributed by atoms with E-state index in [-0.39, 0.29) is 5.91 Å². The van der Waals surface area contributed by atoms with Gasteiger partial charge in [-0.3, -0.25) is 4.79 Å². The molecule has 1 aromatic rings. The average molecular weight is 233 g/mol. The molecule has 1 N–H and O–H groups in total. The molecule has 0 fully saturated rings. The number of unbranched alkanes of at least 4 members (excludes halogenated alkanes) is 2. The van der Waals surface area contributed by atoms with Gasteiger partial charge >= 0.3 is 0 Å². The molecule has 0 bridgehead atoms. The third-order valence-electron chi connectivity index (χ3n) is 2.99. The Balaban J connectivity index is 2.02. The fraction of sp³-hybridized carbons (Fsp3) is 0.538. The molecule has 4 nitrogen and oxygen atoms in total. The van der Waals surface area contributed by atoms with Crippen LogP contribution in [-0.2, 0) is 11.2 Å². The van der Waals surface area contributed by atoms with E-state index in [9.17, 15) is 4.79 Å². The smallest absolute Gasteiger partial charge is 0.243 e. The van der Waals surface area contributed by atoms with Crippen LogP contribution in [0.4, 0.5) is 5.82 Å². The monoisotopic (exact) mass is 233 g/mol. The van der Waals surface area contributed by atoms with E-state index >= 15 is 0 Å². The van der Waals surface area contributed by atoms with Crippen LogP contribution in [-0.4, -0.2) is 17.4 Å². The van der Waals surface area contributed by atoms with Crippen LogP contribution in [0.15, 0.2) is 18.3 Å². The Hall–Kier alpha value is -1.42. The van der Waals surface area contributed by atoms with Crippen LogP contribution < -0.4 is 10.4 Å². The van der Waals surface area contributed by atoms with Crippen LogP contribution in [0.2, 0.25) is 0 Å². The highest BCUT2D eigenvalue weighted by atomic mass is 16.2. The Bertz CT molecular complexity index is 392. The van der Waals surface area contributed by atoms with Crippen molar-refractivity contribution in [2.45, 2.75) is 39.0 Å². The molecule has 0 radical (unpaired) electrons. The first-order valence-corrected chi connectivity index (χ1v) is 6.33. The number of nitrogens with one attached hydrogen (secondary N) is 1. The van der Waals surface area contributed by atoms with E-state index in [1.54, 1.807) is 11.2 Å². The highest BCUT2D eigenvalue weighted by molar-refractivity contribution is 5.94. The van der Waals surface area contributed by atoms with E-state index in [0.29, 0.717) is 6.42 Å². The SMILES string of the molecule is CCCCCNN1C(=O)CCc2cccnc21. The van der Waals surface area contributed by atoms with Crippen molar-refractivity contribution in [3.63, 3.8) is 0 Å². The Morgan fingerprint density at radius 3 is 3.12 bits per heavy atom. The van der Waals surface area contributed by atoms with Gasteiger partial charge in [0.15, 0.2) is 5.82 Å². The van der Waals surface area contributed by atoms with Gasteiger partial charge < -0.3 is 0 Å². The normalized spacial score (nSPS) is 14.9. The second-order valence-corrected chi connectivity index (χ2v) is 4.33. The number of hydrazine groups is 1. The molecular formula is C13H19N3O. The number of anilines is 1. The molecule has 2 heterocycles. The Kier molecular flexibility index (Phi) is 4.09. The van der Waals surface area contributed by atoms with Crippen molar-refractivity contribution in [2.75, 3.05) is 11.6 Å². The van der Waals surface area contributed by atoms with Gasteiger partial charge in [-0.2, -0.15) is 0 Å². The number of amides is 1. The lowest BCUT2D eigenvalue weighted by Gasteiger charge is -2.28. The van der Waals surface area contributed by atoms with Gasteiger partial charge in [0, 0.05) is 19.2 Å². The number of hydrogen-bond donors (Lipinski definition) is 1. The van der Waals surface area contributed by atoms with E-state index in [1.807, 2.05) is 12.1 Å². The van der Waals surface area contributed by atoms with Crippen LogP contribution in [0.5, 0.6) is 0 Å². The minimum atomic E-state index is 0.118. The molecule has 0 unspecified atom stereocenters. The third kappa shape index (κ3) is 2.82. The summed E-state index contributed by atoms with van der Waals surface area (Å²) in [6.07, 6.45) is 6.56. The Labute approximate surface area is 102 Å². The number of hydrogen-bond acceptors (Lipinski definition) is 3. The summed E-state index contributed by atoms with van der Waals surface area (Å²) in [6.45, 7) is 3.00. The first kappa shape index (κ1) is 12.0. The summed E-state index contributed by atoms with van der Waals surface area (Å²) in [5.41, 5.74) is 4.33. The predicted octanol–water partition coefficient (Wildman–Crippen LogP) is 2.06. The summed E-state index contributed by atoms with van der Waals surface area (Å²) in [4.78, 5) is 16.1. The van der Waals surface area contributed by atoms with Gasteiger partial charge in [0.1, 0.15) is 0 Å². The second kappa shape index (κ2) is 5.77. The summed E-state index contributed by atoms with van der Waals surface area (Å²) in [5, 5.41) is 1.62. The summed E-state index contributed by atoms with van der Waals surface area (Å²) in [6, 6.07) is 3.96. The van der Waals surface area contributed by atoms with Crippen molar-refractivity contribution in [2.24, 2.45) is 0 Å². The lowest BCUT2D eigenvalue weighted by atomic mass is 10.1. The van der Waals surface area contributed by atoms with Gasteiger partial charge in [0.2, 0.25) is 5.91 Å². The fourth-order valence-electron chi connectivity index (χ4n) is 2.03. The second-order valence-electron chi connectivity index (χ2n) is 4.33. The van der Waals surface area contributed by atoms with Crippen molar-refractivity contribution in [1.29, 1.82) is 0 Å². The van der Waals surface area contributed by atoms with E-state index in [1.165, 1.54) is 12.8 Å². The number of nitrogens with zero attached hydrogens (tertiary/aromatic N) is 2. The molecule has 17 heavy (non-hydrogen) atoms. The van der Waals surface area contributed by atoms with Crippen molar-refractivity contribution >= 4 is 11.7 Å². The topological polar surface area (TPSA) is 45.2 Å². The minimum absolute atomic E-state index is 0.118. The fourth-order valence-corrected chi connectivity index (χ4v) is 2.03. The Morgan fingerprint density at radius 1 is 1.41 bits per heavy atom. The quantitative estimate of drug-likeness (QED) is 0.792. The van der Waals surface area contributed by atoms with Gasteiger partial charge in [0.05, 0.1) is 0 Å². The first-order valence-electron chi connectivity index (χ1n) is 6.33. The molecule has 1 aliphatic heterocycles. The lowest BCUT2D eigenvalue weighted by Crippen LogP contribution is -2.46. The standard InChI is InChI=1S/C13H19N3O/c1-2-3-4-10-15-16-12(17)8-7-11-6-5-9-14-13(11)16/h5-6,9,15H,2-4,7-8,10H2,1H3.